The van der Waals surface area contributed by atoms with Gasteiger partial charge in [-0.25, -0.2) is 5.43 Å². The molecule has 0 radical (unpaired) electrons. The highest BCUT2D eigenvalue weighted by Gasteiger charge is 2.11. The van der Waals surface area contributed by atoms with Gasteiger partial charge < -0.3 is 9.30 Å². The number of rotatable bonds is 6. The third-order valence-electron chi connectivity index (χ3n) is 5.37. The molecule has 0 aliphatic heterocycles. The number of ether oxygens (including phenoxy) is 1. The van der Waals surface area contributed by atoms with Crippen molar-refractivity contribution in [2.75, 3.05) is 6.61 Å². The second-order valence-electron chi connectivity index (χ2n) is 7.65. The van der Waals surface area contributed by atoms with E-state index in [4.69, 9.17) is 4.74 Å². The van der Waals surface area contributed by atoms with Gasteiger partial charge in [-0.3, -0.25) is 4.79 Å². The second kappa shape index (κ2) is 9.56. The van der Waals surface area contributed by atoms with Crippen LogP contribution in [0.4, 0.5) is 0 Å². The molecule has 0 fully saturated rings. The van der Waals surface area contributed by atoms with Crippen molar-refractivity contribution in [2.45, 2.75) is 20.8 Å². The van der Waals surface area contributed by atoms with Gasteiger partial charge in [0.15, 0.2) is 6.61 Å². The number of hydrogen-bond donors (Lipinski definition) is 1. The highest BCUT2D eigenvalue weighted by atomic mass is 127. The molecule has 6 heteroatoms. The Hall–Kier alpha value is -3.13. The molecule has 0 aliphatic rings. The Morgan fingerprint density at radius 1 is 1.06 bits per heavy atom. The maximum atomic E-state index is 12.2. The van der Waals surface area contributed by atoms with E-state index >= 15 is 0 Å². The van der Waals surface area contributed by atoms with E-state index in [0.717, 1.165) is 33.4 Å². The van der Waals surface area contributed by atoms with Crippen LogP contribution in [0.1, 0.15) is 22.5 Å². The molecule has 5 nitrogen and oxygen atoms in total. The molecule has 162 valence electrons. The summed E-state index contributed by atoms with van der Waals surface area (Å²) >= 11 is 2.34. The fourth-order valence-corrected chi connectivity index (χ4v) is 4.09. The Morgan fingerprint density at radius 2 is 1.84 bits per heavy atom. The van der Waals surface area contributed by atoms with Crippen molar-refractivity contribution < 1.29 is 9.53 Å². The number of aromatic nitrogens is 1. The van der Waals surface area contributed by atoms with Gasteiger partial charge in [-0.1, -0.05) is 36.4 Å². The minimum absolute atomic E-state index is 0.105. The fraction of sp³-hybridized carbons (Fsp3) is 0.154. The number of aryl methyl sites for hydroxylation is 2. The highest BCUT2D eigenvalue weighted by Crippen LogP contribution is 2.25. The topological polar surface area (TPSA) is 55.6 Å². The standard InChI is InChI=1S/C26H24IN3O2/c1-17-13-22(11-12-24(17)27)30-18(2)14-21(19(30)3)15-28-29-26(31)16-32-25-10-6-8-20-7-4-5-9-23(20)25/h4-15H,16H2,1-3H3,(H,29,31)/b28-15+. The quantitative estimate of drug-likeness (QED) is 0.195. The number of hydrogen-bond acceptors (Lipinski definition) is 3. The largest absolute Gasteiger partial charge is 0.483 e. The van der Waals surface area contributed by atoms with Crippen molar-refractivity contribution in [3.63, 3.8) is 0 Å². The molecular weight excluding hydrogens is 513 g/mol. The SMILES string of the molecule is Cc1cc(-n2c(C)cc(/C=N/NC(=O)COc3cccc4ccccc34)c2C)ccc1I. The van der Waals surface area contributed by atoms with E-state index in [0.29, 0.717) is 5.75 Å². The summed E-state index contributed by atoms with van der Waals surface area (Å²) in [5, 5.41) is 6.19. The van der Waals surface area contributed by atoms with Crippen LogP contribution in [0.5, 0.6) is 5.75 Å². The molecule has 32 heavy (non-hydrogen) atoms. The summed E-state index contributed by atoms with van der Waals surface area (Å²) in [4.78, 5) is 12.2. The van der Waals surface area contributed by atoms with Crippen LogP contribution < -0.4 is 10.2 Å². The lowest BCUT2D eigenvalue weighted by Gasteiger charge is -2.11. The predicted octanol–water partition coefficient (Wildman–Crippen LogP) is 5.69. The zero-order chi connectivity index (χ0) is 22.7. The maximum absolute atomic E-state index is 12.2. The summed E-state index contributed by atoms with van der Waals surface area (Å²) in [6.45, 7) is 6.12. The number of nitrogens with zero attached hydrogens (tertiary/aromatic N) is 2. The van der Waals surface area contributed by atoms with Crippen LogP contribution in [0.3, 0.4) is 0 Å². The first kappa shape index (κ1) is 22.1. The maximum Gasteiger partial charge on any atom is 0.277 e. The van der Waals surface area contributed by atoms with Gasteiger partial charge in [-0.15, -0.1) is 0 Å². The van der Waals surface area contributed by atoms with Gasteiger partial charge in [0.2, 0.25) is 0 Å². The van der Waals surface area contributed by atoms with Crippen LogP contribution in [0, 0.1) is 24.3 Å². The minimum Gasteiger partial charge on any atom is -0.483 e. The van der Waals surface area contributed by atoms with Crippen LogP contribution in [-0.2, 0) is 4.79 Å². The number of nitrogens with one attached hydrogen (secondary N) is 1. The summed E-state index contributed by atoms with van der Waals surface area (Å²) in [5.74, 6) is 0.370. The highest BCUT2D eigenvalue weighted by molar-refractivity contribution is 14.1. The molecule has 0 atom stereocenters. The van der Waals surface area contributed by atoms with Crippen molar-refractivity contribution in [2.24, 2.45) is 5.10 Å². The molecule has 0 saturated carbocycles. The van der Waals surface area contributed by atoms with E-state index in [1.54, 1.807) is 6.21 Å². The molecule has 1 aromatic heterocycles. The van der Waals surface area contributed by atoms with Gasteiger partial charge >= 0.3 is 0 Å². The molecule has 4 rings (SSSR count). The van der Waals surface area contributed by atoms with Crippen LogP contribution in [-0.4, -0.2) is 23.3 Å². The molecule has 0 unspecified atom stereocenters. The van der Waals surface area contributed by atoms with Crippen molar-refractivity contribution in [3.8, 4) is 11.4 Å². The van der Waals surface area contributed by atoms with Gasteiger partial charge in [0, 0.05) is 31.6 Å². The number of amides is 1. The molecule has 3 aromatic carbocycles. The third-order valence-corrected chi connectivity index (χ3v) is 6.58. The summed E-state index contributed by atoms with van der Waals surface area (Å²) < 4.78 is 9.15. The van der Waals surface area contributed by atoms with Gasteiger partial charge in [0.1, 0.15) is 5.75 Å². The summed E-state index contributed by atoms with van der Waals surface area (Å²) in [5.41, 5.74) is 8.04. The van der Waals surface area contributed by atoms with Gasteiger partial charge in [-0.05, 0) is 84.6 Å². The molecule has 1 N–H and O–H groups in total. The average Bonchev–Trinajstić information content (AvgIpc) is 3.07. The Kier molecular flexibility index (Phi) is 6.60. The number of benzene rings is 3. The lowest BCUT2D eigenvalue weighted by atomic mass is 10.1. The van der Waals surface area contributed by atoms with E-state index in [2.05, 4.69) is 75.8 Å². The Labute approximate surface area is 201 Å². The van der Waals surface area contributed by atoms with Crippen molar-refractivity contribution >= 4 is 45.5 Å². The molecule has 4 aromatic rings. The number of hydrazone groups is 1. The van der Waals surface area contributed by atoms with Gasteiger partial charge in [-0.2, -0.15) is 5.10 Å². The van der Waals surface area contributed by atoms with Gasteiger partial charge in [0.25, 0.3) is 5.91 Å². The van der Waals surface area contributed by atoms with E-state index in [9.17, 15) is 4.79 Å². The van der Waals surface area contributed by atoms with Crippen molar-refractivity contribution in [1.82, 2.24) is 9.99 Å². The predicted molar refractivity (Wildman–Crippen MR) is 138 cm³/mol. The number of fused-ring (bicyclic) bond motifs is 1. The lowest BCUT2D eigenvalue weighted by Crippen LogP contribution is -2.24. The van der Waals surface area contributed by atoms with Gasteiger partial charge in [0.05, 0.1) is 6.21 Å². The molecule has 0 saturated heterocycles. The van der Waals surface area contributed by atoms with Crippen LogP contribution in [0.25, 0.3) is 16.5 Å². The Balaban J connectivity index is 1.41. The molecule has 1 amide bonds. The van der Waals surface area contributed by atoms with Crippen LogP contribution in [0.15, 0.2) is 71.8 Å². The first-order valence-corrected chi connectivity index (χ1v) is 11.4. The Morgan fingerprint density at radius 3 is 2.66 bits per heavy atom. The third kappa shape index (κ3) is 4.70. The monoisotopic (exact) mass is 537 g/mol. The molecule has 0 aliphatic carbocycles. The lowest BCUT2D eigenvalue weighted by molar-refractivity contribution is -0.123. The number of halogens is 1. The van der Waals surface area contributed by atoms with E-state index < -0.39 is 0 Å². The van der Waals surface area contributed by atoms with Crippen LogP contribution >= 0.6 is 22.6 Å². The van der Waals surface area contributed by atoms with E-state index in [-0.39, 0.29) is 12.5 Å². The summed E-state index contributed by atoms with van der Waals surface area (Å²) in [6, 6.07) is 22.2. The van der Waals surface area contributed by atoms with Crippen molar-refractivity contribution in [3.05, 3.63) is 92.8 Å². The zero-order valence-corrected chi connectivity index (χ0v) is 20.4. The summed E-state index contributed by atoms with van der Waals surface area (Å²) in [7, 11) is 0. The number of carbonyl (C=O) groups is 1. The van der Waals surface area contributed by atoms with Crippen LogP contribution in [0.2, 0.25) is 0 Å². The second-order valence-corrected chi connectivity index (χ2v) is 8.82. The zero-order valence-electron chi connectivity index (χ0n) is 18.2. The van der Waals surface area contributed by atoms with Crippen molar-refractivity contribution in [1.29, 1.82) is 0 Å². The molecule has 1 heterocycles. The summed E-state index contributed by atoms with van der Waals surface area (Å²) in [6.07, 6.45) is 1.67. The first-order valence-electron chi connectivity index (χ1n) is 10.3. The minimum atomic E-state index is -0.309. The first-order chi connectivity index (χ1) is 15.4. The average molecular weight is 537 g/mol. The number of carbonyl (C=O) groups excluding carboxylic acids is 1. The molecular formula is C26H24IN3O2. The normalized spacial score (nSPS) is 11.2. The smallest absolute Gasteiger partial charge is 0.277 e. The van der Waals surface area contributed by atoms with E-state index in [1.165, 1.54) is 9.13 Å². The molecule has 0 spiro atoms. The Bertz CT molecular complexity index is 1320. The fourth-order valence-electron chi connectivity index (χ4n) is 3.75. The van der Waals surface area contributed by atoms with E-state index in [1.807, 2.05) is 49.4 Å². The molecule has 0 bridgehead atoms.